The van der Waals surface area contributed by atoms with Crippen molar-refractivity contribution in [1.82, 2.24) is 0 Å². The van der Waals surface area contributed by atoms with Gasteiger partial charge in [-0.25, -0.2) is 0 Å². The van der Waals surface area contributed by atoms with Gasteiger partial charge in [-0.3, -0.25) is 4.99 Å². The Labute approximate surface area is 117 Å². The van der Waals surface area contributed by atoms with Crippen molar-refractivity contribution in [1.29, 1.82) is 0 Å². The summed E-state index contributed by atoms with van der Waals surface area (Å²) in [4.78, 5) is 3.83. The predicted octanol–water partition coefficient (Wildman–Crippen LogP) is 3.68. The molecule has 106 valence electrons. The first-order valence-corrected chi connectivity index (χ1v) is 6.18. The molecule has 0 atom stereocenters. The molecule has 0 spiro atoms. The zero-order valence-electron chi connectivity index (χ0n) is 10.6. The molecule has 0 saturated carbocycles. The summed E-state index contributed by atoms with van der Waals surface area (Å²) in [6, 6.07) is 3.72. The molecule has 0 aliphatic heterocycles. The van der Waals surface area contributed by atoms with Gasteiger partial charge in [-0.2, -0.15) is 13.2 Å². The van der Waals surface area contributed by atoms with Crippen molar-refractivity contribution in [2.45, 2.75) is 25.6 Å². The van der Waals surface area contributed by atoms with Gasteiger partial charge >= 0.3 is 6.18 Å². The van der Waals surface area contributed by atoms with Crippen molar-refractivity contribution >= 4 is 27.5 Å². The van der Waals surface area contributed by atoms with Gasteiger partial charge in [-0.1, -0.05) is 15.9 Å². The Bertz CT molecular complexity index is 493. The van der Waals surface area contributed by atoms with Crippen LogP contribution in [0.5, 0.6) is 0 Å². The first kappa shape index (κ1) is 16.0. The molecule has 0 radical (unpaired) electrons. The number of benzene rings is 1. The van der Waals surface area contributed by atoms with Gasteiger partial charge in [0.2, 0.25) is 0 Å². The Kier molecular flexibility index (Phi) is 4.63. The molecule has 1 rings (SSSR count). The smallest absolute Gasteiger partial charge is 0.383 e. The maximum Gasteiger partial charge on any atom is 0.417 e. The van der Waals surface area contributed by atoms with Crippen LogP contribution in [0.3, 0.4) is 0 Å². The highest BCUT2D eigenvalue weighted by molar-refractivity contribution is 9.10. The Morgan fingerprint density at radius 1 is 1.32 bits per heavy atom. The summed E-state index contributed by atoms with van der Waals surface area (Å²) in [6.45, 7) is 2.98. The monoisotopic (exact) mass is 338 g/mol. The number of hydrogen-bond acceptors (Lipinski definition) is 2. The summed E-state index contributed by atoms with van der Waals surface area (Å²) < 4.78 is 38.2. The summed E-state index contributed by atoms with van der Waals surface area (Å²) in [5.74, 6) is 0.183. The zero-order chi connectivity index (χ0) is 14.8. The van der Waals surface area contributed by atoms with Crippen molar-refractivity contribution in [3.8, 4) is 0 Å². The predicted molar refractivity (Wildman–Crippen MR) is 72.4 cm³/mol. The van der Waals surface area contributed by atoms with Gasteiger partial charge in [0.05, 0.1) is 5.56 Å². The van der Waals surface area contributed by atoms with Crippen molar-refractivity contribution in [2.75, 3.05) is 12.4 Å². The summed E-state index contributed by atoms with van der Waals surface area (Å²) >= 11 is 2.86. The number of halogens is 4. The van der Waals surface area contributed by atoms with Crippen molar-refractivity contribution < 1.29 is 18.3 Å². The molecule has 0 unspecified atom stereocenters. The van der Waals surface area contributed by atoms with E-state index in [1.807, 2.05) is 0 Å². The number of rotatable bonds is 2. The fourth-order valence-corrected chi connectivity index (χ4v) is 1.91. The second-order valence-corrected chi connectivity index (χ2v) is 5.30. The number of aliphatic imine (C=N–C) groups is 1. The molecule has 0 amide bonds. The Morgan fingerprint density at radius 3 is 2.32 bits per heavy atom. The van der Waals surface area contributed by atoms with Gasteiger partial charge in [0.15, 0.2) is 0 Å². The molecule has 0 bridgehead atoms. The highest BCUT2D eigenvalue weighted by Crippen LogP contribution is 2.36. The largest absolute Gasteiger partial charge is 0.417 e. The summed E-state index contributed by atoms with van der Waals surface area (Å²) in [5, 5.41) is 12.5. The van der Waals surface area contributed by atoms with E-state index in [4.69, 9.17) is 0 Å². The number of nitrogens with zero attached hydrogens (tertiary/aromatic N) is 1. The Balaban J connectivity index is 3.11. The van der Waals surface area contributed by atoms with Crippen LogP contribution in [0, 0.1) is 0 Å². The second kappa shape index (κ2) is 5.50. The first-order valence-electron chi connectivity index (χ1n) is 5.39. The number of alkyl halides is 3. The molecule has 1 aromatic carbocycles. The lowest BCUT2D eigenvalue weighted by Gasteiger charge is -2.22. The van der Waals surface area contributed by atoms with Crippen LogP contribution in [-0.2, 0) is 6.18 Å². The minimum atomic E-state index is -4.45. The van der Waals surface area contributed by atoms with Crippen LogP contribution in [0.15, 0.2) is 27.7 Å². The molecule has 0 aromatic heterocycles. The molecule has 3 nitrogen and oxygen atoms in total. The molecular weight excluding hydrogens is 325 g/mol. The van der Waals surface area contributed by atoms with Gasteiger partial charge in [0, 0.05) is 17.2 Å². The number of aliphatic hydroxyl groups is 1. The number of amidine groups is 1. The van der Waals surface area contributed by atoms with E-state index in [2.05, 4.69) is 26.2 Å². The molecule has 0 saturated heterocycles. The van der Waals surface area contributed by atoms with Crippen LogP contribution in [0.4, 0.5) is 18.9 Å². The van der Waals surface area contributed by atoms with E-state index < -0.39 is 17.3 Å². The molecular formula is C12H14BrF3N2O. The van der Waals surface area contributed by atoms with Gasteiger partial charge in [0.25, 0.3) is 0 Å². The second-order valence-electron chi connectivity index (χ2n) is 4.45. The summed E-state index contributed by atoms with van der Waals surface area (Å²) in [5.41, 5.74) is -1.85. The average Bonchev–Trinajstić information content (AvgIpc) is 2.24. The highest BCUT2D eigenvalue weighted by atomic mass is 79.9. The van der Waals surface area contributed by atoms with E-state index in [1.165, 1.54) is 33.0 Å². The highest BCUT2D eigenvalue weighted by Gasteiger charge is 2.33. The first-order chi connectivity index (χ1) is 8.55. The lowest BCUT2D eigenvalue weighted by atomic mass is 10.1. The minimum absolute atomic E-state index is 0.0382. The molecule has 0 aliphatic rings. The van der Waals surface area contributed by atoms with Gasteiger partial charge in [-0.15, -0.1) is 0 Å². The topological polar surface area (TPSA) is 44.6 Å². The van der Waals surface area contributed by atoms with E-state index >= 15 is 0 Å². The molecule has 0 aliphatic carbocycles. The number of nitrogens with one attached hydrogen (secondary N) is 1. The SMILES string of the molecule is CN=C(Nc1ccc(Br)c(C(F)(F)F)c1)C(C)(C)O. The van der Waals surface area contributed by atoms with E-state index in [0.717, 1.165) is 6.07 Å². The van der Waals surface area contributed by atoms with E-state index in [9.17, 15) is 18.3 Å². The lowest BCUT2D eigenvalue weighted by Crippen LogP contribution is -2.37. The quantitative estimate of drug-likeness (QED) is 0.638. The van der Waals surface area contributed by atoms with Gasteiger partial charge < -0.3 is 10.4 Å². The molecule has 0 fully saturated rings. The van der Waals surface area contributed by atoms with Crippen LogP contribution >= 0.6 is 15.9 Å². The third-order valence-electron chi connectivity index (χ3n) is 2.34. The summed E-state index contributed by atoms with van der Waals surface area (Å²) in [6.07, 6.45) is -4.45. The maximum atomic E-state index is 12.7. The third kappa shape index (κ3) is 4.21. The van der Waals surface area contributed by atoms with Gasteiger partial charge in [0.1, 0.15) is 11.4 Å². The fourth-order valence-electron chi connectivity index (χ4n) is 1.44. The average molecular weight is 339 g/mol. The van der Waals surface area contributed by atoms with E-state index in [0.29, 0.717) is 0 Å². The zero-order valence-corrected chi connectivity index (χ0v) is 12.2. The van der Waals surface area contributed by atoms with Gasteiger partial charge in [-0.05, 0) is 32.0 Å². The van der Waals surface area contributed by atoms with Crippen molar-refractivity contribution in [3.05, 3.63) is 28.2 Å². The van der Waals surface area contributed by atoms with Crippen LogP contribution in [-0.4, -0.2) is 23.6 Å². The van der Waals surface area contributed by atoms with Crippen LogP contribution in [0.1, 0.15) is 19.4 Å². The van der Waals surface area contributed by atoms with Crippen molar-refractivity contribution in [2.24, 2.45) is 4.99 Å². The lowest BCUT2D eigenvalue weighted by molar-refractivity contribution is -0.138. The Hall–Kier alpha value is -1.08. The van der Waals surface area contributed by atoms with Crippen LogP contribution < -0.4 is 5.32 Å². The maximum absolute atomic E-state index is 12.7. The third-order valence-corrected chi connectivity index (χ3v) is 3.03. The van der Waals surface area contributed by atoms with E-state index in [-0.39, 0.29) is 16.0 Å². The number of anilines is 1. The molecule has 1 aromatic rings. The Morgan fingerprint density at radius 2 is 1.89 bits per heavy atom. The normalized spacial score (nSPS) is 13.6. The molecule has 0 heterocycles. The fraction of sp³-hybridized carbons (Fsp3) is 0.417. The van der Waals surface area contributed by atoms with Crippen LogP contribution in [0.25, 0.3) is 0 Å². The van der Waals surface area contributed by atoms with Crippen LogP contribution in [0.2, 0.25) is 0 Å². The molecule has 19 heavy (non-hydrogen) atoms. The molecule has 2 N–H and O–H groups in total. The standard InChI is InChI=1S/C12H14BrF3N2O/c1-11(2,19)10(17-3)18-7-4-5-9(13)8(6-7)12(14,15)16/h4-6,19H,1-3H3,(H,17,18). The van der Waals surface area contributed by atoms with Crippen molar-refractivity contribution in [3.63, 3.8) is 0 Å². The minimum Gasteiger partial charge on any atom is -0.383 e. The summed E-state index contributed by atoms with van der Waals surface area (Å²) in [7, 11) is 1.45. The van der Waals surface area contributed by atoms with E-state index in [1.54, 1.807) is 0 Å². The molecule has 7 heteroatoms. The number of hydrogen-bond donors (Lipinski definition) is 2.